The molecule has 0 spiro atoms. The molecule has 0 fully saturated rings. The van der Waals surface area contributed by atoms with Crippen molar-refractivity contribution in [1.29, 1.82) is 0 Å². The fraction of sp³-hybridized carbons (Fsp3) is 0.700. The molecule has 0 atom stereocenters. The normalized spacial score (nSPS) is 10.4. The van der Waals surface area contributed by atoms with Crippen molar-refractivity contribution < 1.29 is 0 Å². The fourth-order valence-corrected chi connectivity index (χ4v) is 1.57. The van der Waals surface area contributed by atoms with Gasteiger partial charge < -0.3 is 22.1 Å². The minimum atomic E-state index is 0.582. The van der Waals surface area contributed by atoms with Crippen LogP contribution in [0.5, 0.6) is 0 Å². The van der Waals surface area contributed by atoms with Crippen molar-refractivity contribution in [2.24, 2.45) is 11.5 Å². The zero-order chi connectivity index (χ0) is 13.2. The molecule has 0 bridgehead atoms. The monoisotopic (exact) mass is 271 g/mol. The molecule has 7 nitrogen and oxygen atoms in total. The molecule has 0 saturated carbocycles. The highest BCUT2D eigenvalue weighted by molar-refractivity contribution is 7.98. The predicted molar refractivity (Wildman–Crippen MR) is 75.9 cm³/mol. The van der Waals surface area contributed by atoms with Crippen LogP contribution in [0.25, 0.3) is 0 Å². The average Bonchev–Trinajstić information content (AvgIpc) is 2.39. The third-order valence-electron chi connectivity index (χ3n) is 2.13. The average molecular weight is 271 g/mol. The van der Waals surface area contributed by atoms with Crippen LogP contribution >= 0.6 is 11.8 Å². The van der Waals surface area contributed by atoms with Gasteiger partial charge >= 0.3 is 0 Å². The van der Waals surface area contributed by atoms with Crippen LogP contribution in [0.2, 0.25) is 0 Å². The van der Waals surface area contributed by atoms with Crippen LogP contribution in [-0.2, 0) is 0 Å². The Morgan fingerprint density at radius 2 is 1.44 bits per heavy atom. The number of anilines is 2. The summed E-state index contributed by atoms with van der Waals surface area (Å²) in [7, 11) is 0. The van der Waals surface area contributed by atoms with E-state index in [1.165, 1.54) is 11.8 Å². The lowest BCUT2D eigenvalue weighted by Gasteiger charge is -2.08. The highest BCUT2D eigenvalue weighted by Gasteiger charge is 2.04. The molecular weight excluding hydrogens is 250 g/mol. The minimum Gasteiger partial charge on any atom is -0.354 e. The Balaban J connectivity index is 2.62. The summed E-state index contributed by atoms with van der Waals surface area (Å²) < 4.78 is 0. The quantitative estimate of drug-likeness (QED) is 0.370. The van der Waals surface area contributed by atoms with Crippen LogP contribution in [0.3, 0.4) is 0 Å². The number of hydrogen-bond acceptors (Lipinski definition) is 8. The van der Waals surface area contributed by atoms with Gasteiger partial charge in [-0.2, -0.15) is 15.0 Å². The predicted octanol–water partition coefficient (Wildman–Crippen LogP) is 0.115. The number of aromatic nitrogens is 3. The molecule has 0 amide bonds. The lowest BCUT2D eigenvalue weighted by Crippen LogP contribution is -2.14. The molecule has 0 aliphatic heterocycles. The van der Waals surface area contributed by atoms with E-state index in [1.807, 2.05) is 6.26 Å². The van der Waals surface area contributed by atoms with Gasteiger partial charge in [0.15, 0.2) is 5.16 Å². The Labute approximate surface area is 112 Å². The molecule has 1 rings (SSSR count). The highest BCUT2D eigenvalue weighted by Crippen LogP contribution is 2.13. The van der Waals surface area contributed by atoms with Crippen LogP contribution in [0.15, 0.2) is 5.16 Å². The maximum atomic E-state index is 5.44. The highest BCUT2D eigenvalue weighted by atomic mass is 32.2. The summed E-state index contributed by atoms with van der Waals surface area (Å²) >= 11 is 1.48. The third-order valence-corrected chi connectivity index (χ3v) is 2.67. The summed E-state index contributed by atoms with van der Waals surface area (Å²) in [6.07, 6.45) is 3.70. The van der Waals surface area contributed by atoms with Gasteiger partial charge in [-0.05, 0) is 32.2 Å². The van der Waals surface area contributed by atoms with Gasteiger partial charge in [-0.3, -0.25) is 0 Å². The number of nitrogens with two attached hydrogens (primary N) is 2. The van der Waals surface area contributed by atoms with Crippen molar-refractivity contribution in [2.45, 2.75) is 18.0 Å². The second-order valence-corrected chi connectivity index (χ2v) is 4.38. The Bertz CT molecular complexity index is 319. The zero-order valence-electron chi connectivity index (χ0n) is 10.6. The smallest absolute Gasteiger partial charge is 0.228 e. The van der Waals surface area contributed by atoms with Gasteiger partial charge in [0.25, 0.3) is 0 Å². The molecule has 1 aromatic rings. The van der Waals surface area contributed by atoms with E-state index in [-0.39, 0.29) is 0 Å². The molecule has 0 aromatic carbocycles. The van der Waals surface area contributed by atoms with E-state index < -0.39 is 0 Å². The van der Waals surface area contributed by atoms with Gasteiger partial charge in [0.1, 0.15) is 0 Å². The summed E-state index contributed by atoms with van der Waals surface area (Å²) in [5, 5.41) is 6.95. The maximum Gasteiger partial charge on any atom is 0.228 e. The second kappa shape index (κ2) is 8.90. The molecule has 0 aliphatic rings. The number of nitrogens with one attached hydrogen (secondary N) is 2. The molecule has 18 heavy (non-hydrogen) atoms. The number of hydrogen-bond donors (Lipinski definition) is 4. The Kier molecular flexibility index (Phi) is 7.38. The molecule has 6 N–H and O–H groups in total. The summed E-state index contributed by atoms with van der Waals surface area (Å²) in [5.41, 5.74) is 10.9. The van der Waals surface area contributed by atoms with E-state index in [9.17, 15) is 0 Å². The van der Waals surface area contributed by atoms with Gasteiger partial charge in [0, 0.05) is 13.1 Å². The van der Waals surface area contributed by atoms with Crippen LogP contribution in [-0.4, -0.2) is 47.4 Å². The summed E-state index contributed by atoms with van der Waals surface area (Å²) in [6.45, 7) is 2.82. The van der Waals surface area contributed by atoms with Gasteiger partial charge in [-0.15, -0.1) is 0 Å². The van der Waals surface area contributed by atoms with E-state index in [4.69, 9.17) is 11.5 Å². The van der Waals surface area contributed by atoms with E-state index in [1.54, 1.807) is 0 Å². The maximum absolute atomic E-state index is 5.44. The van der Waals surface area contributed by atoms with Crippen LogP contribution in [0, 0.1) is 0 Å². The first-order valence-electron chi connectivity index (χ1n) is 5.98. The van der Waals surface area contributed by atoms with Gasteiger partial charge in [0.2, 0.25) is 11.9 Å². The van der Waals surface area contributed by atoms with E-state index in [2.05, 4.69) is 25.6 Å². The first-order valence-corrected chi connectivity index (χ1v) is 7.20. The largest absolute Gasteiger partial charge is 0.354 e. The molecule has 0 aliphatic carbocycles. The van der Waals surface area contributed by atoms with Crippen molar-refractivity contribution in [3.05, 3.63) is 0 Å². The molecule has 0 saturated heterocycles. The Morgan fingerprint density at radius 3 is 1.83 bits per heavy atom. The summed E-state index contributed by atoms with van der Waals surface area (Å²) in [4.78, 5) is 12.8. The third kappa shape index (κ3) is 5.48. The van der Waals surface area contributed by atoms with Gasteiger partial charge in [-0.25, -0.2) is 0 Å². The summed E-state index contributed by atoms with van der Waals surface area (Å²) in [5.74, 6) is 1.16. The van der Waals surface area contributed by atoms with E-state index in [0.717, 1.165) is 25.9 Å². The molecule has 1 heterocycles. The number of rotatable bonds is 9. The lowest BCUT2D eigenvalue weighted by atomic mass is 10.4. The summed E-state index contributed by atoms with van der Waals surface area (Å²) in [6, 6.07) is 0. The first kappa shape index (κ1) is 14.9. The molecule has 8 heteroatoms. The molecule has 0 radical (unpaired) electrons. The Hall–Kier alpha value is -1.12. The molecule has 0 unspecified atom stereocenters. The van der Waals surface area contributed by atoms with Crippen LogP contribution < -0.4 is 22.1 Å². The number of nitrogens with zero attached hydrogens (tertiary/aromatic N) is 3. The minimum absolute atomic E-state index is 0.582. The first-order chi connectivity index (χ1) is 8.80. The van der Waals surface area contributed by atoms with Crippen molar-refractivity contribution in [3.63, 3.8) is 0 Å². The van der Waals surface area contributed by atoms with E-state index in [0.29, 0.717) is 30.1 Å². The fourth-order valence-electron chi connectivity index (χ4n) is 1.21. The van der Waals surface area contributed by atoms with Gasteiger partial charge in [0.05, 0.1) is 0 Å². The van der Waals surface area contributed by atoms with Crippen molar-refractivity contribution in [2.75, 3.05) is 43.1 Å². The van der Waals surface area contributed by atoms with Crippen LogP contribution in [0.4, 0.5) is 11.9 Å². The second-order valence-electron chi connectivity index (χ2n) is 3.61. The standard InChI is InChI=1S/C10H21N7S/c1-18-10-16-8(13-6-2-4-11)15-9(17-10)14-7-3-5-12/h2-7,11-12H2,1H3,(H2,13,14,15,16,17). The van der Waals surface area contributed by atoms with Crippen LogP contribution in [0.1, 0.15) is 12.8 Å². The van der Waals surface area contributed by atoms with Crippen molar-refractivity contribution >= 4 is 23.7 Å². The number of thioether (sulfide) groups is 1. The topological polar surface area (TPSA) is 115 Å². The SMILES string of the molecule is CSc1nc(NCCCN)nc(NCCCN)n1. The lowest BCUT2D eigenvalue weighted by molar-refractivity contribution is 0.827. The van der Waals surface area contributed by atoms with Gasteiger partial charge in [-0.1, -0.05) is 11.8 Å². The van der Waals surface area contributed by atoms with Crippen molar-refractivity contribution in [1.82, 2.24) is 15.0 Å². The molecule has 102 valence electrons. The Morgan fingerprint density at radius 1 is 0.944 bits per heavy atom. The van der Waals surface area contributed by atoms with E-state index >= 15 is 0 Å². The zero-order valence-corrected chi connectivity index (χ0v) is 11.5. The molecular formula is C10H21N7S. The van der Waals surface area contributed by atoms with Crippen molar-refractivity contribution in [3.8, 4) is 0 Å². The molecule has 1 aromatic heterocycles.